The number of allylic oxidation sites excluding steroid dienone is 1. The van der Waals surface area contributed by atoms with Crippen molar-refractivity contribution in [1.29, 1.82) is 0 Å². The first kappa shape index (κ1) is 17.2. The Hall–Kier alpha value is -2.65. The Labute approximate surface area is 152 Å². The number of benzene rings is 2. The molecule has 3 rings (SSSR count). The van der Waals surface area contributed by atoms with E-state index < -0.39 is 0 Å². The Balaban J connectivity index is 2.20. The van der Waals surface area contributed by atoms with E-state index >= 15 is 0 Å². The summed E-state index contributed by atoms with van der Waals surface area (Å²) in [7, 11) is 0. The normalized spacial score (nSPS) is 16.1. The molecular weight excluding hydrogens is 334 g/mol. The van der Waals surface area contributed by atoms with Crippen molar-refractivity contribution in [3.63, 3.8) is 0 Å². The Kier molecular flexibility index (Phi) is 4.60. The molecule has 1 heterocycles. The second-order valence-corrected chi connectivity index (χ2v) is 6.57. The van der Waals surface area contributed by atoms with Crippen LogP contribution in [0.15, 0.2) is 59.7 Å². The van der Waals surface area contributed by atoms with E-state index in [9.17, 15) is 9.59 Å². The fraction of sp³-hybridized carbons (Fsp3) is 0.143. The molecule has 4 heteroatoms. The number of Topliss-reactive ketones (excluding diaryl/α,β-unsaturated/α-hetero) is 1. The van der Waals surface area contributed by atoms with E-state index in [1.807, 2.05) is 50.2 Å². The molecule has 0 fully saturated rings. The molecule has 0 aliphatic carbocycles. The minimum absolute atomic E-state index is 0.141. The van der Waals surface area contributed by atoms with Gasteiger partial charge in [-0.15, -0.1) is 0 Å². The molecule has 1 aliphatic heterocycles. The number of hydrogen-bond donors (Lipinski definition) is 1. The molecular formula is C21H18ClNO2. The van der Waals surface area contributed by atoms with E-state index in [1.54, 1.807) is 12.1 Å². The molecule has 2 aromatic rings. The van der Waals surface area contributed by atoms with Crippen LogP contribution in [0.4, 0.5) is 0 Å². The van der Waals surface area contributed by atoms with E-state index in [0.717, 1.165) is 22.3 Å². The average Bonchev–Trinajstić information content (AvgIpc) is 2.93. The average molecular weight is 352 g/mol. The molecule has 0 radical (unpaired) electrons. The van der Waals surface area contributed by atoms with E-state index in [-0.39, 0.29) is 11.7 Å². The van der Waals surface area contributed by atoms with Crippen molar-refractivity contribution in [2.24, 2.45) is 0 Å². The number of amides is 1. The summed E-state index contributed by atoms with van der Waals surface area (Å²) >= 11 is 5.94. The molecule has 1 N–H and O–H groups in total. The highest BCUT2D eigenvalue weighted by Crippen LogP contribution is 2.34. The number of carbonyl (C=O) groups excluding carboxylic acids is 2. The lowest BCUT2D eigenvalue weighted by atomic mass is 9.93. The number of halogens is 1. The first-order chi connectivity index (χ1) is 11.9. The maximum absolute atomic E-state index is 12.6. The lowest BCUT2D eigenvalue weighted by molar-refractivity contribution is -0.117. The van der Waals surface area contributed by atoms with Gasteiger partial charge in [-0.2, -0.15) is 0 Å². The Morgan fingerprint density at radius 3 is 2.12 bits per heavy atom. The fourth-order valence-electron chi connectivity index (χ4n) is 2.97. The zero-order valence-corrected chi connectivity index (χ0v) is 15.1. The Morgan fingerprint density at radius 2 is 1.56 bits per heavy atom. The highest BCUT2D eigenvalue weighted by Gasteiger charge is 2.32. The lowest BCUT2D eigenvalue weighted by Crippen LogP contribution is -2.16. The second-order valence-electron chi connectivity index (χ2n) is 6.13. The summed E-state index contributed by atoms with van der Waals surface area (Å²) in [6, 6.07) is 15.0. The summed E-state index contributed by atoms with van der Waals surface area (Å²) in [5, 5.41) is 3.49. The summed E-state index contributed by atoms with van der Waals surface area (Å²) in [5.74, 6) is -0.398. The number of ketones is 1. The van der Waals surface area contributed by atoms with Gasteiger partial charge in [0.2, 0.25) is 0 Å². The quantitative estimate of drug-likeness (QED) is 0.824. The Morgan fingerprint density at radius 1 is 0.960 bits per heavy atom. The zero-order chi connectivity index (χ0) is 18.1. The van der Waals surface area contributed by atoms with Crippen molar-refractivity contribution < 1.29 is 9.59 Å². The number of hydrogen-bond acceptors (Lipinski definition) is 2. The summed E-state index contributed by atoms with van der Waals surface area (Å²) in [6.07, 6.45) is 0. The van der Waals surface area contributed by atoms with Gasteiger partial charge in [-0.25, -0.2) is 0 Å². The van der Waals surface area contributed by atoms with Gasteiger partial charge in [0.15, 0.2) is 5.78 Å². The van der Waals surface area contributed by atoms with Crippen molar-refractivity contribution in [2.75, 3.05) is 0 Å². The SMILES string of the molecule is CC(=O)C1=C(c2ccc(C)cc2)NC(=O)/C1=C(/C)c1ccc(Cl)cc1. The van der Waals surface area contributed by atoms with Crippen LogP contribution < -0.4 is 5.32 Å². The number of aryl methyl sites for hydroxylation is 1. The number of nitrogens with one attached hydrogen (secondary N) is 1. The molecule has 1 aliphatic rings. The first-order valence-electron chi connectivity index (χ1n) is 7.99. The van der Waals surface area contributed by atoms with Crippen LogP contribution in [0.2, 0.25) is 5.02 Å². The summed E-state index contributed by atoms with van der Waals surface area (Å²) in [5.41, 5.74) is 4.97. The molecule has 1 amide bonds. The van der Waals surface area contributed by atoms with Crippen LogP contribution in [0.5, 0.6) is 0 Å². The largest absolute Gasteiger partial charge is 0.321 e. The van der Waals surface area contributed by atoms with Crippen molar-refractivity contribution in [1.82, 2.24) is 5.32 Å². The monoisotopic (exact) mass is 351 g/mol. The number of rotatable bonds is 3. The van der Waals surface area contributed by atoms with Gasteiger partial charge in [-0.3, -0.25) is 9.59 Å². The van der Waals surface area contributed by atoms with Gasteiger partial charge in [-0.1, -0.05) is 53.6 Å². The van der Waals surface area contributed by atoms with Gasteiger partial charge in [0.05, 0.1) is 16.8 Å². The standard InChI is InChI=1S/C21H18ClNO2/c1-12-4-6-16(7-5-12)20-19(14(3)24)18(21(25)23-20)13(2)15-8-10-17(22)11-9-15/h4-11H,1-3H3,(H,23,25)/b18-13-. The third-order valence-corrected chi connectivity index (χ3v) is 4.56. The maximum Gasteiger partial charge on any atom is 0.256 e. The topological polar surface area (TPSA) is 46.2 Å². The summed E-state index contributed by atoms with van der Waals surface area (Å²) < 4.78 is 0. The smallest absolute Gasteiger partial charge is 0.256 e. The van der Waals surface area contributed by atoms with E-state index in [1.165, 1.54) is 6.92 Å². The van der Waals surface area contributed by atoms with Gasteiger partial charge in [0.1, 0.15) is 0 Å². The van der Waals surface area contributed by atoms with Crippen LogP contribution in [0.1, 0.15) is 30.5 Å². The van der Waals surface area contributed by atoms with Crippen LogP contribution >= 0.6 is 11.6 Å². The van der Waals surface area contributed by atoms with Crippen molar-refractivity contribution in [2.45, 2.75) is 20.8 Å². The van der Waals surface area contributed by atoms with Crippen molar-refractivity contribution >= 4 is 34.6 Å². The van der Waals surface area contributed by atoms with Gasteiger partial charge in [-0.05, 0) is 49.6 Å². The van der Waals surface area contributed by atoms with Gasteiger partial charge < -0.3 is 5.32 Å². The molecule has 126 valence electrons. The maximum atomic E-state index is 12.6. The lowest BCUT2D eigenvalue weighted by Gasteiger charge is -2.08. The minimum Gasteiger partial charge on any atom is -0.321 e. The van der Waals surface area contributed by atoms with Gasteiger partial charge >= 0.3 is 0 Å². The Bertz CT molecular complexity index is 919. The molecule has 0 spiro atoms. The van der Waals surface area contributed by atoms with Gasteiger partial charge in [0.25, 0.3) is 5.91 Å². The number of carbonyl (C=O) groups is 2. The fourth-order valence-corrected chi connectivity index (χ4v) is 3.09. The molecule has 0 aromatic heterocycles. The minimum atomic E-state index is -0.256. The zero-order valence-electron chi connectivity index (χ0n) is 14.3. The van der Waals surface area contributed by atoms with Crippen molar-refractivity contribution in [3.8, 4) is 0 Å². The molecule has 25 heavy (non-hydrogen) atoms. The molecule has 0 saturated heterocycles. The van der Waals surface area contributed by atoms with E-state index in [2.05, 4.69) is 5.32 Å². The highest BCUT2D eigenvalue weighted by molar-refractivity contribution is 6.30. The summed E-state index contributed by atoms with van der Waals surface area (Å²) in [6.45, 7) is 5.32. The first-order valence-corrected chi connectivity index (χ1v) is 8.37. The van der Waals surface area contributed by atoms with Crippen molar-refractivity contribution in [3.05, 3.63) is 81.4 Å². The molecule has 0 atom stereocenters. The summed E-state index contributed by atoms with van der Waals surface area (Å²) in [4.78, 5) is 25.0. The highest BCUT2D eigenvalue weighted by atomic mass is 35.5. The van der Waals surface area contributed by atoms with Crippen LogP contribution in [0.3, 0.4) is 0 Å². The van der Waals surface area contributed by atoms with Gasteiger partial charge in [0, 0.05) is 5.02 Å². The molecule has 0 saturated carbocycles. The predicted octanol–water partition coefficient (Wildman–Crippen LogP) is 4.55. The molecule has 2 aromatic carbocycles. The predicted molar refractivity (Wildman–Crippen MR) is 101 cm³/mol. The third-order valence-electron chi connectivity index (χ3n) is 4.31. The second kappa shape index (κ2) is 6.69. The van der Waals surface area contributed by atoms with E-state index in [0.29, 0.717) is 21.9 Å². The molecule has 3 nitrogen and oxygen atoms in total. The van der Waals surface area contributed by atoms with Crippen LogP contribution in [0, 0.1) is 6.92 Å². The van der Waals surface area contributed by atoms with Crippen LogP contribution in [-0.4, -0.2) is 11.7 Å². The van der Waals surface area contributed by atoms with Crippen LogP contribution in [0.25, 0.3) is 11.3 Å². The molecule has 0 bridgehead atoms. The third kappa shape index (κ3) is 3.28. The molecule has 0 unspecified atom stereocenters. The van der Waals surface area contributed by atoms with E-state index in [4.69, 9.17) is 11.6 Å². The van der Waals surface area contributed by atoms with Crippen LogP contribution in [-0.2, 0) is 9.59 Å².